The Bertz CT molecular complexity index is 528. The van der Waals surface area contributed by atoms with Crippen molar-refractivity contribution in [2.45, 2.75) is 38.9 Å². The van der Waals surface area contributed by atoms with Gasteiger partial charge < -0.3 is 20.1 Å². The fourth-order valence-corrected chi connectivity index (χ4v) is 2.27. The van der Waals surface area contributed by atoms with Gasteiger partial charge in [-0.25, -0.2) is 4.79 Å². The second-order valence-electron chi connectivity index (χ2n) is 6.14. The predicted molar refractivity (Wildman–Crippen MR) is 82.7 cm³/mol. The summed E-state index contributed by atoms with van der Waals surface area (Å²) in [6.07, 6.45) is 0.328. The quantitative estimate of drug-likeness (QED) is 0.851. The monoisotopic (exact) mass is 312 g/mol. The second-order valence-corrected chi connectivity index (χ2v) is 6.55. The van der Waals surface area contributed by atoms with Crippen molar-refractivity contribution in [2.75, 3.05) is 18.8 Å². The molecule has 2 rings (SSSR count). The Balaban J connectivity index is 1.93. The molecule has 6 heteroatoms. The zero-order chi connectivity index (χ0) is 15.6. The lowest BCUT2D eigenvalue weighted by Gasteiger charge is -2.24. The van der Waals surface area contributed by atoms with E-state index in [1.54, 1.807) is 23.1 Å². The SMILES string of the molecule is CC(C)(C)OC(=O)N1CCC(Oc2cc(N)ccc2Cl)C1. The van der Waals surface area contributed by atoms with Crippen molar-refractivity contribution < 1.29 is 14.3 Å². The van der Waals surface area contributed by atoms with E-state index >= 15 is 0 Å². The minimum atomic E-state index is -0.493. The van der Waals surface area contributed by atoms with Crippen LogP contribution in [-0.4, -0.2) is 35.8 Å². The third-order valence-electron chi connectivity index (χ3n) is 3.05. The molecular weight excluding hydrogens is 292 g/mol. The molecule has 21 heavy (non-hydrogen) atoms. The minimum Gasteiger partial charge on any atom is -0.487 e. The molecule has 1 unspecified atom stereocenters. The van der Waals surface area contributed by atoms with Gasteiger partial charge in [0.05, 0.1) is 11.6 Å². The van der Waals surface area contributed by atoms with Gasteiger partial charge in [-0.1, -0.05) is 11.6 Å². The van der Waals surface area contributed by atoms with Crippen molar-refractivity contribution in [2.24, 2.45) is 0 Å². The number of nitrogens with zero attached hydrogens (tertiary/aromatic N) is 1. The zero-order valence-electron chi connectivity index (χ0n) is 12.6. The molecule has 2 N–H and O–H groups in total. The minimum absolute atomic E-state index is 0.100. The summed E-state index contributed by atoms with van der Waals surface area (Å²) in [4.78, 5) is 13.6. The number of halogens is 1. The van der Waals surface area contributed by atoms with Gasteiger partial charge in [0, 0.05) is 24.7 Å². The maximum atomic E-state index is 12.0. The summed E-state index contributed by atoms with van der Waals surface area (Å²) < 4.78 is 11.2. The Labute approximate surface area is 130 Å². The molecule has 1 fully saturated rings. The zero-order valence-corrected chi connectivity index (χ0v) is 13.3. The van der Waals surface area contributed by atoms with Gasteiger partial charge in [0.1, 0.15) is 17.5 Å². The number of hydrogen-bond acceptors (Lipinski definition) is 4. The highest BCUT2D eigenvalue weighted by Gasteiger charge is 2.31. The number of likely N-dealkylation sites (tertiary alicyclic amines) is 1. The summed E-state index contributed by atoms with van der Waals surface area (Å²) in [6.45, 7) is 6.64. The molecule has 1 aromatic carbocycles. The first-order valence-corrected chi connectivity index (χ1v) is 7.32. The summed E-state index contributed by atoms with van der Waals surface area (Å²) in [5, 5.41) is 0.514. The average molecular weight is 313 g/mol. The molecule has 116 valence electrons. The van der Waals surface area contributed by atoms with Crippen molar-refractivity contribution in [3.05, 3.63) is 23.2 Å². The van der Waals surface area contributed by atoms with Gasteiger partial charge in [0.25, 0.3) is 0 Å². The van der Waals surface area contributed by atoms with Crippen LogP contribution >= 0.6 is 11.6 Å². The van der Waals surface area contributed by atoms with Crippen LogP contribution in [0.5, 0.6) is 5.75 Å². The van der Waals surface area contributed by atoms with Crippen LogP contribution in [0.25, 0.3) is 0 Å². The van der Waals surface area contributed by atoms with E-state index in [0.717, 1.165) is 6.42 Å². The maximum absolute atomic E-state index is 12.0. The van der Waals surface area contributed by atoms with Gasteiger partial charge in [0.15, 0.2) is 0 Å². The van der Waals surface area contributed by atoms with Crippen LogP contribution < -0.4 is 10.5 Å². The number of anilines is 1. The molecule has 1 saturated heterocycles. The van der Waals surface area contributed by atoms with Gasteiger partial charge in [-0.3, -0.25) is 0 Å². The molecule has 0 spiro atoms. The summed E-state index contributed by atoms with van der Waals surface area (Å²) in [5.41, 5.74) is 5.82. The first-order valence-electron chi connectivity index (χ1n) is 6.94. The fraction of sp³-hybridized carbons (Fsp3) is 0.533. The van der Waals surface area contributed by atoms with Crippen LogP contribution in [-0.2, 0) is 4.74 Å². The number of rotatable bonds is 2. The molecule has 5 nitrogen and oxygen atoms in total. The summed E-state index contributed by atoms with van der Waals surface area (Å²) >= 11 is 6.07. The number of nitrogen functional groups attached to an aromatic ring is 1. The van der Waals surface area contributed by atoms with E-state index in [0.29, 0.717) is 29.5 Å². The highest BCUT2D eigenvalue weighted by molar-refractivity contribution is 6.32. The van der Waals surface area contributed by atoms with E-state index in [-0.39, 0.29) is 12.2 Å². The largest absolute Gasteiger partial charge is 0.487 e. The van der Waals surface area contributed by atoms with Crippen LogP contribution in [0.15, 0.2) is 18.2 Å². The molecule has 1 heterocycles. The molecule has 0 aromatic heterocycles. The van der Waals surface area contributed by atoms with E-state index in [9.17, 15) is 4.79 Å². The molecule has 1 aliphatic rings. The van der Waals surface area contributed by atoms with Gasteiger partial charge in [-0.15, -0.1) is 0 Å². The Hall–Kier alpha value is -1.62. The number of hydrogen-bond donors (Lipinski definition) is 1. The third-order valence-corrected chi connectivity index (χ3v) is 3.36. The third kappa shape index (κ3) is 4.43. The van der Waals surface area contributed by atoms with E-state index in [1.807, 2.05) is 20.8 Å². The lowest BCUT2D eigenvalue weighted by Crippen LogP contribution is -2.36. The average Bonchev–Trinajstić information content (AvgIpc) is 2.80. The fourth-order valence-electron chi connectivity index (χ4n) is 2.11. The lowest BCUT2D eigenvalue weighted by atomic mass is 10.2. The number of ether oxygens (including phenoxy) is 2. The van der Waals surface area contributed by atoms with Gasteiger partial charge in [-0.2, -0.15) is 0 Å². The van der Waals surface area contributed by atoms with Crippen molar-refractivity contribution in [1.82, 2.24) is 4.90 Å². The molecule has 1 amide bonds. The van der Waals surface area contributed by atoms with E-state index in [4.69, 9.17) is 26.8 Å². The highest BCUT2D eigenvalue weighted by atomic mass is 35.5. The molecule has 0 saturated carbocycles. The van der Waals surface area contributed by atoms with E-state index in [1.165, 1.54) is 0 Å². The summed E-state index contributed by atoms with van der Waals surface area (Å²) in [6, 6.07) is 5.11. The molecule has 1 aliphatic heterocycles. The smallest absolute Gasteiger partial charge is 0.410 e. The first-order chi connectivity index (χ1) is 9.74. The molecule has 0 bridgehead atoms. The lowest BCUT2D eigenvalue weighted by molar-refractivity contribution is 0.0276. The second kappa shape index (κ2) is 6.02. The van der Waals surface area contributed by atoms with Crippen molar-refractivity contribution >= 4 is 23.4 Å². The topological polar surface area (TPSA) is 64.8 Å². The number of carbonyl (C=O) groups excluding carboxylic acids is 1. The van der Waals surface area contributed by atoms with Crippen LogP contribution in [0.2, 0.25) is 5.02 Å². The number of carbonyl (C=O) groups is 1. The van der Waals surface area contributed by atoms with E-state index in [2.05, 4.69) is 0 Å². The van der Waals surface area contributed by atoms with Crippen LogP contribution in [0.3, 0.4) is 0 Å². The Morgan fingerprint density at radius 1 is 1.43 bits per heavy atom. The number of benzene rings is 1. The Morgan fingerprint density at radius 3 is 2.81 bits per heavy atom. The molecular formula is C15H21ClN2O3. The van der Waals surface area contributed by atoms with Crippen molar-refractivity contribution in [1.29, 1.82) is 0 Å². The number of amides is 1. The number of nitrogens with two attached hydrogens (primary N) is 1. The summed E-state index contributed by atoms with van der Waals surface area (Å²) in [7, 11) is 0. The summed E-state index contributed by atoms with van der Waals surface area (Å²) in [5.74, 6) is 0.549. The van der Waals surface area contributed by atoms with Crippen molar-refractivity contribution in [3.63, 3.8) is 0 Å². The van der Waals surface area contributed by atoms with Crippen LogP contribution in [0.4, 0.5) is 10.5 Å². The predicted octanol–water partition coefficient (Wildman–Crippen LogP) is 3.31. The molecule has 1 aromatic rings. The van der Waals surface area contributed by atoms with Gasteiger partial charge in [-0.05, 0) is 32.9 Å². The first kappa shape index (κ1) is 15.8. The normalized spacial score (nSPS) is 18.7. The molecule has 0 radical (unpaired) electrons. The van der Waals surface area contributed by atoms with Gasteiger partial charge in [0.2, 0.25) is 0 Å². The highest BCUT2D eigenvalue weighted by Crippen LogP contribution is 2.29. The van der Waals surface area contributed by atoms with Crippen LogP contribution in [0.1, 0.15) is 27.2 Å². The molecule has 1 atom stereocenters. The maximum Gasteiger partial charge on any atom is 0.410 e. The Morgan fingerprint density at radius 2 is 2.14 bits per heavy atom. The van der Waals surface area contributed by atoms with Crippen LogP contribution in [0, 0.1) is 0 Å². The molecule has 0 aliphatic carbocycles. The van der Waals surface area contributed by atoms with E-state index < -0.39 is 5.60 Å². The Kier molecular flexibility index (Phi) is 4.52. The van der Waals surface area contributed by atoms with Crippen molar-refractivity contribution in [3.8, 4) is 5.75 Å². The van der Waals surface area contributed by atoms with Gasteiger partial charge >= 0.3 is 6.09 Å². The standard InChI is InChI=1S/C15H21ClN2O3/c1-15(2,3)21-14(19)18-7-6-11(9-18)20-13-8-10(17)4-5-12(13)16/h4-5,8,11H,6-7,9,17H2,1-3H3.